The molecule has 0 radical (unpaired) electrons. The van der Waals surface area contributed by atoms with E-state index < -0.39 is 17.8 Å². The number of nitrogens with one attached hydrogen (secondary N) is 2. The summed E-state index contributed by atoms with van der Waals surface area (Å²) in [5.41, 5.74) is 3.14. The molecule has 0 aliphatic rings. The van der Waals surface area contributed by atoms with Gasteiger partial charge >= 0.3 is 17.8 Å². The molecule has 0 bridgehead atoms. The molecule has 1 aromatic carbocycles. The standard InChI is InChI=1S/C16H14N4O4/c21-14(18-9-11-4-3-7-17-8-11)15(22)20-19-10-12-5-1-2-6-13(12)16(23)24/h1-8,10H,9H2,(H,18,21)(H,20,22)(H,23,24)/b19-10-. The van der Waals surface area contributed by atoms with Gasteiger partial charge in [-0.2, -0.15) is 5.10 Å². The van der Waals surface area contributed by atoms with Gasteiger partial charge < -0.3 is 10.4 Å². The normalized spacial score (nSPS) is 10.3. The highest BCUT2D eigenvalue weighted by molar-refractivity contribution is 6.35. The van der Waals surface area contributed by atoms with Gasteiger partial charge in [0.15, 0.2) is 0 Å². The molecule has 0 aliphatic carbocycles. The molecule has 1 aromatic heterocycles. The molecule has 0 atom stereocenters. The summed E-state index contributed by atoms with van der Waals surface area (Å²) in [6.45, 7) is 0.158. The van der Waals surface area contributed by atoms with E-state index in [-0.39, 0.29) is 12.1 Å². The van der Waals surface area contributed by atoms with Gasteiger partial charge in [0.2, 0.25) is 0 Å². The molecule has 0 saturated carbocycles. The van der Waals surface area contributed by atoms with Crippen molar-refractivity contribution >= 4 is 24.0 Å². The minimum atomic E-state index is -1.11. The second-order valence-electron chi connectivity index (χ2n) is 4.64. The molecule has 0 aliphatic heterocycles. The number of aromatic nitrogens is 1. The summed E-state index contributed by atoms with van der Waals surface area (Å²) in [5.74, 6) is -2.93. The van der Waals surface area contributed by atoms with Gasteiger partial charge in [-0.05, 0) is 17.7 Å². The number of carbonyl (C=O) groups excluding carboxylic acids is 2. The first-order valence-electron chi connectivity index (χ1n) is 6.90. The first kappa shape index (κ1) is 16.8. The van der Waals surface area contributed by atoms with Crippen LogP contribution in [0.3, 0.4) is 0 Å². The zero-order valence-corrected chi connectivity index (χ0v) is 12.5. The topological polar surface area (TPSA) is 121 Å². The number of carboxylic acids is 1. The monoisotopic (exact) mass is 326 g/mol. The predicted molar refractivity (Wildman–Crippen MR) is 85.2 cm³/mol. The molecule has 3 N–H and O–H groups in total. The van der Waals surface area contributed by atoms with Gasteiger partial charge in [0.05, 0.1) is 11.8 Å². The summed E-state index contributed by atoms with van der Waals surface area (Å²) >= 11 is 0. The fourth-order valence-electron chi connectivity index (χ4n) is 1.78. The number of pyridine rings is 1. The van der Waals surface area contributed by atoms with E-state index in [1.807, 2.05) is 5.43 Å². The third kappa shape index (κ3) is 4.73. The molecule has 8 heteroatoms. The Hall–Kier alpha value is -3.55. The van der Waals surface area contributed by atoms with Crippen LogP contribution in [0.2, 0.25) is 0 Å². The van der Waals surface area contributed by atoms with E-state index in [2.05, 4.69) is 15.4 Å². The Balaban J connectivity index is 1.88. The Bertz CT molecular complexity index is 775. The minimum absolute atomic E-state index is 0.0385. The van der Waals surface area contributed by atoms with Crippen LogP contribution in [0.1, 0.15) is 21.5 Å². The van der Waals surface area contributed by atoms with Gasteiger partial charge in [0.25, 0.3) is 0 Å². The lowest BCUT2D eigenvalue weighted by Crippen LogP contribution is -2.37. The van der Waals surface area contributed by atoms with Crippen molar-refractivity contribution in [1.29, 1.82) is 0 Å². The first-order valence-corrected chi connectivity index (χ1v) is 6.90. The molecule has 122 valence electrons. The van der Waals surface area contributed by atoms with Crippen LogP contribution in [0, 0.1) is 0 Å². The van der Waals surface area contributed by atoms with Crippen LogP contribution in [0.5, 0.6) is 0 Å². The van der Waals surface area contributed by atoms with Gasteiger partial charge in [-0.1, -0.05) is 24.3 Å². The summed E-state index contributed by atoms with van der Waals surface area (Å²) in [4.78, 5) is 38.1. The zero-order valence-electron chi connectivity index (χ0n) is 12.5. The average molecular weight is 326 g/mol. The maximum absolute atomic E-state index is 11.6. The molecule has 2 amide bonds. The van der Waals surface area contributed by atoms with Crippen molar-refractivity contribution in [2.75, 3.05) is 0 Å². The number of amides is 2. The summed E-state index contributed by atoms with van der Waals surface area (Å²) < 4.78 is 0. The number of benzene rings is 1. The highest BCUT2D eigenvalue weighted by Gasteiger charge is 2.12. The smallest absolute Gasteiger partial charge is 0.336 e. The van der Waals surface area contributed by atoms with Gasteiger partial charge in [-0.3, -0.25) is 14.6 Å². The Morgan fingerprint density at radius 3 is 2.62 bits per heavy atom. The predicted octanol–water partition coefficient (Wildman–Crippen LogP) is 0.546. The number of nitrogens with zero attached hydrogens (tertiary/aromatic N) is 2. The van der Waals surface area contributed by atoms with E-state index >= 15 is 0 Å². The Morgan fingerprint density at radius 1 is 1.12 bits per heavy atom. The highest BCUT2D eigenvalue weighted by atomic mass is 16.4. The highest BCUT2D eigenvalue weighted by Crippen LogP contribution is 2.05. The summed E-state index contributed by atoms with van der Waals surface area (Å²) in [6, 6.07) is 9.62. The summed E-state index contributed by atoms with van der Waals surface area (Å²) in [5, 5.41) is 15.0. The van der Waals surface area contributed by atoms with Gasteiger partial charge in [-0.15, -0.1) is 0 Å². The van der Waals surface area contributed by atoms with Crippen molar-refractivity contribution in [2.24, 2.45) is 5.10 Å². The molecule has 1 heterocycles. The van der Waals surface area contributed by atoms with Gasteiger partial charge in [0, 0.05) is 24.5 Å². The number of carbonyl (C=O) groups is 3. The Morgan fingerprint density at radius 2 is 1.92 bits per heavy atom. The Kier molecular flexibility index (Phi) is 5.73. The van der Waals surface area contributed by atoms with Crippen LogP contribution in [-0.2, 0) is 16.1 Å². The van der Waals surface area contributed by atoms with Crippen LogP contribution in [0.15, 0.2) is 53.9 Å². The quantitative estimate of drug-likeness (QED) is 0.421. The second-order valence-corrected chi connectivity index (χ2v) is 4.64. The molecular formula is C16H14N4O4. The van der Waals surface area contributed by atoms with Crippen molar-refractivity contribution in [3.05, 3.63) is 65.5 Å². The van der Waals surface area contributed by atoms with Crippen molar-refractivity contribution in [3.8, 4) is 0 Å². The fourth-order valence-corrected chi connectivity index (χ4v) is 1.78. The van der Waals surface area contributed by atoms with E-state index in [9.17, 15) is 14.4 Å². The summed E-state index contributed by atoms with van der Waals surface area (Å²) in [6.07, 6.45) is 4.33. The molecular weight excluding hydrogens is 312 g/mol. The van der Waals surface area contributed by atoms with Crippen molar-refractivity contribution in [3.63, 3.8) is 0 Å². The number of rotatable bonds is 5. The first-order chi connectivity index (χ1) is 11.6. The van der Waals surface area contributed by atoms with Crippen LogP contribution < -0.4 is 10.7 Å². The molecule has 8 nitrogen and oxygen atoms in total. The van der Waals surface area contributed by atoms with Crippen molar-refractivity contribution < 1.29 is 19.5 Å². The molecule has 0 saturated heterocycles. The van der Waals surface area contributed by atoms with Gasteiger partial charge in [0.1, 0.15) is 0 Å². The van der Waals surface area contributed by atoms with Gasteiger partial charge in [-0.25, -0.2) is 10.2 Å². The Labute approximate surface area is 137 Å². The van der Waals surface area contributed by atoms with E-state index in [1.54, 1.807) is 36.7 Å². The number of hydrogen-bond donors (Lipinski definition) is 3. The van der Waals surface area contributed by atoms with E-state index in [0.29, 0.717) is 5.56 Å². The second kappa shape index (κ2) is 8.18. The molecule has 2 aromatic rings. The lowest BCUT2D eigenvalue weighted by molar-refractivity contribution is -0.139. The van der Waals surface area contributed by atoms with Crippen molar-refractivity contribution in [2.45, 2.75) is 6.54 Å². The summed E-state index contributed by atoms with van der Waals surface area (Å²) in [7, 11) is 0. The van der Waals surface area contributed by atoms with E-state index in [0.717, 1.165) is 11.8 Å². The third-order valence-electron chi connectivity index (χ3n) is 2.94. The van der Waals surface area contributed by atoms with Crippen LogP contribution >= 0.6 is 0 Å². The largest absolute Gasteiger partial charge is 0.478 e. The van der Waals surface area contributed by atoms with Crippen LogP contribution in [0.4, 0.5) is 0 Å². The van der Waals surface area contributed by atoms with E-state index in [1.165, 1.54) is 12.1 Å². The number of hydrogen-bond acceptors (Lipinski definition) is 5. The number of hydrazone groups is 1. The van der Waals surface area contributed by atoms with Crippen LogP contribution in [-0.4, -0.2) is 34.1 Å². The molecule has 2 rings (SSSR count). The number of aromatic carboxylic acids is 1. The SMILES string of the molecule is O=C(NCc1cccnc1)C(=O)N/N=C\c1ccccc1C(=O)O. The maximum Gasteiger partial charge on any atom is 0.336 e. The average Bonchev–Trinajstić information content (AvgIpc) is 2.60. The fraction of sp³-hybridized carbons (Fsp3) is 0.0625. The molecule has 0 fully saturated rings. The molecule has 0 spiro atoms. The zero-order chi connectivity index (χ0) is 17.4. The molecule has 0 unspecified atom stereocenters. The lowest BCUT2D eigenvalue weighted by atomic mass is 10.1. The van der Waals surface area contributed by atoms with E-state index in [4.69, 9.17) is 5.11 Å². The number of carboxylic acid groups (broad SMARTS) is 1. The minimum Gasteiger partial charge on any atom is -0.478 e. The lowest BCUT2D eigenvalue weighted by Gasteiger charge is -2.03. The third-order valence-corrected chi connectivity index (χ3v) is 2.94. The van der Waals surface area contributed by atoms with Crippen molar-refractivity contribution in [1.82, 2.24) is 15.7 Å². The van der Waals surface area contributed by atoms with Crippen LogP contribution in [0.25, 0.3) is 0 Å². The molecule has 24 heavy (non-hydrogen) atoms. The maximum atomic E-state index is 11.6.